The normalized spacial score (nSPS) is 18.9. The molecule has 5 rings (SSSR count). The van der Waals surface area contributed by atoms with Crippen molar-refractivity contribution in [2.24, 2.45) is 7.05 Å². The van der Waals surface area contributed by atoms with Crippen molar-refractivity contribution in [3.8, 4) is 17.0 Å². The molecule has 0 bridgehead atoms. The summed E-state index contributed by atoms with van der Waals surface area (Å²) in [6.07, 6.45) is 11.8. The van der Waals surface area contributed by atoms with E-state index in [9.17, 15) is 0 Å². The molecule has 1 N–H and O–H groups in total. The second kappa shape index (κ2) is 8.02. The fourth-order valence-corrected chi connectivity index (χ4v) is 4.40. The zero-order chi connectivity index (χ0) is 21.4. The van der Waals surface area contributed by atoms with E-state index in [-0.39, 0.29) is 6.10 Å². The molecule has 0 spiro atoms. The number of hydrogen-bond donors (Lipinski definition) is 1. The number of pyridine rings is 2. The van der Waals surface area contributed by atoms with Crippen molar-refractivity contribution in [1.29, 1.82) is 0 Å². The average Bonchev–Trinajstić information content (AvgIpc) is 3.37. The van der Waals surface area contributed by atoms with Gasteiger partial charge in [0.2, 0.25) is 0 Å². The Morgan fingerprint density at radius 1 is 1.10 bits per heavy atom. The Morgan fingerprint density at radius 3 is 2.65 bits per heavy atom. The van der Waals surface area contributed by atoms with Gasteiger partial charge in [0.05, 0.1) is 23.9 Å². The minimum absolute atomic E-state index is 0.229. The lowest BCUT2D eigenvalue weighted by Gasteiger charge is -2.29. The Bertz CT molecular complexity index is 1200. The molecule has 0 amide bonds. The largest absolute Gasteiger partial charge is 0.490 e. The first-order valence-electron chi connectivity index (χ1n) is 10.7. The highest BCUT2D eigenvalue weighted by molar-refractivity contribution is 5.93. The zero-order valence-corrected chi connectivity index (χ0v) is 18.1. The van der Waals surface area contributed by atoms with E-state index in [1.807, 2.05) is 51.7 Å². The third kappa shape index (κ3) is 3.85. The van der Waals surface area contributed by atoms with Crippen molar-refractivity contribution in [2.45, 2.75) is 44.8 Å². The Balaban J connectivity index is 1.41. The first-order valence-corrected chi connectivity index (χ1v) is 10.7. The third-order valence-electron chi connectivity index (χ3n) is 5.99. The number of aryl methyl sites for hydroxylation is 2. The van der Waals surface area contributed by atoms with Gasteiger partial charge < -0.3 is 10.1 Å². The molecule has 0 radical (unpaired) electrons. The van der Waals surface area contributed by atoms with E-state index in [1.54, 1.807) is 10.9 Å². The summed E-state index contributed by atoms with van der Waals surface area (Å²) in [5.41, 5.74) is 4.03. The molecule has 1 aliphatic carbocycles. The monoisotopic (exact) mass is 417 g/mol. The lowest BCUT2D eigenvalue weighted by atomic mass is 9.93. The van der Waals surface area contributed by atoms with Gasteiger partial charge in [-0.25, -0.2) is 4.98 Å². The summed E-state index contributed by atoms with van der Waals surface area (Å²) < 4.78 is 10.2. The van der Waals surface area contributed by atoms with Crippen LogP contribution in [0.4, 0.5) is 5.82 Å². The summed E-state index contributed by atoms with van der Waals surface area (Å²) in [5, 5.41) is 13.6. The van der Waals surface area contributed by atoms with Gasteiger partial charge in [0.1, 0.15) is 17.3 Å². The second-order valence-corrected chi connectivity index (χ2v) is 8.21. The Kier molecular flexibility index (Phi) is 5.05. The second-order valence-electron chi connectivity index (χ2n) is 8.21. The summed E-state index contributed by atoms with van der Waals surface area (Å²) in [6, 6.07) is 6.36. The molecule has 1 saturated carbocycles. The molecule has 0 atom stereocenters. The first kappa shape index (κ1) is 19.5. The van der Waals surface area contributed by atoms with Crippen LogP contribution in [-0.2, 0) is 7.05 Å². The van der Waals surface area contributed by atoms with Crippen LogP contribution >= 0.6 is 0 Å². The molecule has 4 aromatic rings. The van der Waals surface area contributed by atoms with Crippen LogP contribution in [0.2, 0.25) is 0 Å². The summed E-state index contributed by atoms with van der Waals surface area (Å²) in [4.78, 5) is 8.77. The van der Waals surface area contributed by atoms with Crippen LogP contribution in [0.5, 0.6) is 5.75 Å². The fraction of sp³-hybridized carbons (Fsp3) is 0.391. The molecule has 0 saturated heterocycles. The Morgan fingerprint density at radius 2 is 1.94 bits per heavy atom. The highest BCUT2D eigenvalue weighted by Gasteiger charge is 2.27. The third-order valence-corrected chi connectivity index (χ3v) is 5.99. The minimum atomic E-state index is 0.229. The van der Waals surface area contributed by atoms with Gasteiger partial charge in [0.25, 0.3) is 0 Å². The van der Waals surface area contributed by atoms with Crippen molar-refractivity contribution >= 4 is 16.7 Å². The molecular weight excluding hydrogens is 390 g/mol. The van der Waals surface area contributed by atoms with Crippen molar-refractivity contribution in [2.75, 3.05) is 12.4 Å². The van der Waals surface area contributed by atoms with E-state index in [2.05, 4.69) is 31.1 Å². The van der Waals surface area contributed by atoms with E-state index in [0.717, 1.165) is 65.1 Å². The van der Waals surface area contributed by atoms with Gasteiger partial charge in [0.15, 0.2) is 0 Å². The topological polar surface area (TPSA) is 82.7 Å². The zero-order valence-electron chi connectivity index (χ0n) is 18.1. The predicted octanol–water partition coefficient (Wildman–Crippen LogP) is 4.14. The van der Waals surface area contributed by atoms with Gasteiger partial charge in [-0.3, -0.25) is 14.3 Å². The molecule has 160 valence electrons. The number of nitrogens with zero attached hydrogens (tertiary/aromatic N) is 6. The van der Waals surface area contributed by atoms with Gasteiger partial charge in [-0.05, 0) is 38.7 Å². The molecule has 31 heavy (non-hydrogen) atoms. The molecule has 0 aliphatic heterocycles. The van der Waals surface area contributed by atoms with E-state index < -0.39 is 0 Å². The maximum absolute atomic E-state index is 6.22. The van der Waals surface area contributed by atoms with Gasteiger partial charge in [-0.15, -0.1) is 0 Å². The first-order chi connectivity index (χ1) is 15.1. The molecule has 0 unspecified atom stereocenters. The van der Waals surface area contributed by atoms with Crippen LogP contribution in [-0.4, -0.2) is 42.7 Å². The van der Waals surface area contributed by atoms with Gasteiger partial charge >= 0.3 is 0 Å². The van der Waals surface area contributed by atoms with Gasteiger partial charge in [0, 0.05) is 61.5 Å². The lowest BCUT2D eigenvalue weighted by molar-refractivity contribution is 0.131. The molecule has 1 aliphatic rings. The van der Waals surface area contributed by atoms with E-state index in [1.165, 1.54) is 0 Å². The smallest absolute Gasteiger partial charge is 0.127 e. The van der Waals surface area contributed by atoms with Crippen LogP contribution in [0.25, 0.3) is 22.2 Å². The maximum atomic E-state index is 6.22. The van der Waals surface area contributed by atoms with E-state index >= 15 is 0 Å². The number of anilines is 1. The Hall–Kier alpha value is -3.42. The summed E-state index contributed by atoms with van der Waals surface area (Å²) in [7, 11) is 3.81. The average molecular weight is 418 g/mol. The molecule has 4 heterocycles. The fourth-order valence-electron chi connectivity index (χ4n) is 4.40. The van der Waals surface area contributed by atoms with Crippen LogP contribution < -0.4 is 10.1 Å². The number of aromatic nitrogens is 6. The summed E-state index contributed by atoms with van der Waals surface area (Å²) in [6.45, 7) is 1.99. The summed E-state index contributed by atoms with van der Waals surface area (Å²) >= 11 is 0. The lowest BCUT2D eigenvalue weighted by Crippen LogP contribution is -2.26. The van der Waals surface area contributed by atoms with Crippen LogP contribution in [0.1, 0.15) is 37.4 Å². The standard InChI is InChI=1S/C23H27N7O/c1-15-10-19(8-9-25-15)31-18-6-4-17(5-7-18)30-21-11-22(24-2)26-13-20(21)23(28-30)16-12-27-29(3)14-16/h8-14,17-18H,4-7H2,1-3H3,(H,24,26)/t17-,18-. The van der Waals surface area contributed by atoms with Crippen molar-refractivity contribution in [1.82, 2.24) is 29.5 Å². The van der Waals surface area contributed by atoms with Crippen molar-refractivity contribution in [3.63, 3.8) is 0 Å². The van der Waals surface area contributed by atoms with Gasteiger partial charge in [-0.1, -0.05) is 0 Å². The number of hydrogen-bond acceptors (Lipinski definition) is 6. The van der Waals surface area contributed by atoms with Crippen LogP contribution in [0.15, 0.2) is 43.0 Å². The van der Waals surface area contributed by atoms with Crippen LogP contribution in [0, 0.1) is 6.92 Å². The van der Waals surface area contributed by atoms with Crippen LogP contribution in [0.3, 0.4) is 0 Å². The minimum Gasteiger partial charge on any atom is -0.490 e. The molecule has 4 aromatic heterocycles. The highest BCUT2D eigenvalue weighted by atomic mass is 16.5. The number of ether oxygens (including phenoxy) is 1. The quantitative estimate of drug-likeness (QED) is 0.525. The SMILES string of the molecule is CNc1cc2c(cn1)c(-c1cnn(C)c1)nn2[C@H]1CC[C@H](Oc2ccnc(C)c2)CC1. The molecular formula is C23H27N7O. The van der Waals surface area contributed by atoms with E-state index in [0.29, 0.717) is 6.04 Å². The molecule has 8 heteroatoms. The number of nitrogens with one attached hydrogen (secondary N) is 1. The molecule has 0 aromatic carbocycles. The molecule has 1 fully saturated rings. The Labute approximate surface area is 181 Å². The van der Waals surface area contributed by atoms with Gasteiger partial charge in [-0.2, -0.15) is 10.2 Å². The number of fused-ring (bicyclic) bond motifs is 1. The molecule has 8 nitrogen and oxygen atoms in total. The van der Waals surface area contributed by atoms with Crippen molar-refractivity contribution in [3.05, 3.63) is 48.7 Å². The highest BCUT2D eigenvalue weighted by Crippen LogP contribution is 2.36. The van der Waals surface area contributed by atoms with Crippen molar-refractivity contribution < 1.29 is 4.74 Å². The number of rotatable bonds is 5. The maximum Gasteiger partial charge on any atom is 0.127 e. The van der Waals surface area contributed by atoms with E-state index in [4.69, 9.17) is 9.84 Å². The predicted molar refractivity (Wildman–Crippen MR) is 120 cm³/mol. The summed E-state index contributed by atoms with van der Waals surface area (Å²) in [5.74, 6) is 1.75.